The number of para-hydroxylation sites is 2. The van der Waals surface area contributed by atoms with Crippen LogP contribution < -0.4 is 9.47 Å². The van der Waals surface area contributed by atoms with Gasteiger partial charge in [-0.3, -0.25) is 0 Å². The quantitative estimate of drug-likeness (QED) is 0.239. The lowest BCUT2D eigenvalue weighted by Gasteiger charge is -2.23. The van der Waals surface area contributed by atoms with Gasteiger partial charge in [-0.05, 0) is 72.6 Å². The lowest BCUT2D eigenvalue weighted by molar-refractivity contribution is 0.416. The maximum Gasteiger partial charge on any atom is 0.126 e. The van der Waals surface area contributed by atoms with E-state index in [0.29, 0.717) is 0 Å². The Bertz CT molecular complexity index is 1620. The van der Waals surface area contributed by atoms with Crippen molar-refractivity contribution in [1.82, 2.24) is 0 Å². The molecule has 0 fully saturated rings. The monoisotopic (exact) mass is 470 g/mol. The Morgan fingerprint density at radius 2 is 0.972 bits per heavy atom. The first-order valence-electron chi connectivity index (χ1n) is 12.4. The standard InChI is InChI=1S/C34H30O2/c1-34(2,3)23-18-21-14-16-26-28(24-10-6-8-12-30(24)35-4)20-29(25-11-7-9-13-31(25)36-5)27-17-15-22(19-23)32(21)33(26)27/h6-20H,1-5H3. The van der Waals surface area contributed by atoms with Gasteiger partial charge >= 0.3 is 0 Å². The minimum absolute atomic E-state index is 0.0790. The van der Waals surface area contributed by atoms with Gasteiger partial charge in [-0.2, -0.15) is 0 Å². The van der Waals surface area contributed by atoms with E-state index in [9.17, 15) is 0 Å². The summed E-state index contributed by atoms with van der Waals surface area (Å²) in [6, 6.07) is 32.7. The van der Waals surface area contributed by atoms with Gasteiger partial charge in [-0.15, -0.1) is 0 Å². The summed E-state index contributed by atoms with van der Waals surface area (Å²) in [6.07, 6.45) is 0. The maximum atomic E-state index is 5.81. The molecule has 0 spiro atoms. The van der Waals surface area contributed by atoms with Crippen LogP contribution in [0, 0.1) is 0 Å². The predicted octanol–water partition coefficient (Wildman–Crippen LogP) is 9.23. The van der Waals surface area contributed by atoms with Crippen molar-refractivity contribution in [1.29, 1.82) is 0 Å². The first-order valence-corrected chi connectivity index (χ1v) is 12.4. The predicted molar refractivity (Wildman–Crippen MR) is 153 cm³/mol. The van der Waals surface area contributed by atoms with E-state index in [2.05, 4.69) is 87.5 Å². The summed E-state index contributed by atoms with van der Waals surface area (Å²) in [5, 5.41) is 7.61. The van der Waals surface area contributed by atoms with Crippen LogP contribution in [0.1, 0.15) is 26.3 Å². The Kier molecular flexibility index (Phi) is 5.15. The van der Waals surface area contributed by atoms with Crippen LogP contribution >= 0.6 is 0 Å². The molecule has 0 aromatic heterocycles. The molecule has 0 N–H and O–H groups in total. The van der Waals surface area contributed by atoms with Crippen molar-refractivity contribution in [3.8, 4) is 33.8 Å². The number of ether oxygens (including phenoxy) is 2. The fraction of sp³-hybridized carbons (Fsp3) is 0.176. The van der Waals surface area contributed by atoms with Crippen molar-refractivity contribution in [3.63, 3.8) is 0 Å². The van der Waals surface area contributed by atoms with Crippen molar-refractivity contribution in [2.45, 2.75) is 26.2 Å². The maximum absolute atomic E-state index is 5.81. The third-order valence-electron chi connectivity index (χ3n) is 7.38. The second kappa shape index (κ2) is 8.27. The van der Waals surface area contributed by atoms with Crippen molar-refractivity contribution in [2.75, 3.05) is 14.2 Å². The molecule has 0 amide bonds. The topological polar surface area (TPSA) is 18.5 Å². The Labute approximate surface area is 212 Å². The molecule has 0 unspecified atom stereocenters. The van der Waals surface area contributed by atoms with Crippen molar-refractivity contribution >= 4 is 32.3 Å². The average molecular weight is 471 g/mol. The Balaban J connectivity index is 1.81. The van der Waals surface area contributed by atoms with Crippen LogP contribution in [0.2, 0.25) is 0 Å². The molecule has 0 aliphatic carbocycles. The number of rotatable bonds is 4. The minimum atomic E-state index is 0.0790. The highest BCUT2D eigenvalue weighted by atomic mass is 16.5. The van der Waals surface area contributed by atoms with Crippen LogP contribution in [0.25, 0.3) is 54.6 Å². The van der Waals surface area contributed by atoms with Gasteiger partial charge in [0, 0.05) is 11.1 Å². The summed E-state index contributed by atoms with van der Waals surface area (Å²) in [6.45, 7) is 6.83. The van der Waals surface area contributed by atoms with Gasteiger partial charge in [-0.1, -0.05) is 93.6 Å². The molecule has 0 saturated heterocycles. The molecule has 0 bridgehead atoms. The van der Waals surface area contributed by atoms with E-state index in [0.717, 1.165) is 33.8 Å². The van der Waals surface area contributed by atoms with Crippen LogP contribution in [0.15, 0.2) is 91.0 Å². The van der Waals surface area contributed by atoms with Crippen LogP contribution in [0.4, 0.5) is 0 Å². The van der Waals surface area contributed by atoms with E-state index in [1.54, 1.807) is 14.2 Å². The van der Waals surface area contributed by atoms with Gasteiger partial charge in [-0.25, -0.2) is 0 Å². The number of hydrogen-bond acceptors (Lipinski definition) is 2. The van der Waals surface area contributed by atoms with Gasteiger partial charge < -0.3 is 9.47 Å². The molecule has 0 radical (unpaired) electrons. The first-order chi connectivity index (χ1) is 17.4. The molecule has 2 nitrogen and oxygen atoms in total. The third kappa shape index (κ3) is 3.40. The van der Waals surface area contributed by atoms with E-state index in [1.807, 2.05) is 24.3 Å². The SMILES string of the molecule is COc1ccccc1-c1cc(-c2ccccc2OC)c2ccc3cc(C(C)(C)C)cc4ccc1c2c43. The molecule has 0 aliphatic rings. The zero-order valence-corrected chi connectivity index (χ0v) is 21.5. The van der Waals surface area contributed by atoms with Gasteiger partial charge in [0.25, 0.3) is 0 Å². The summed E-state index contributed by atoms with van der Waals surface area (Å²) in [7, 11) is 3.48. The fourth-order valence-electron chi connectivity index (χ4n) is 5.53. The lowest BCUT2D eigenvalue weighted by atomic mass is 9.81. The van der Waals surface area contributed by atoms with E-state index < -0.39 is 0 Å². The highest BCUT2D eigenvalue weighted by Crippen LogP contribution is 2.47. The molecule has 0 aliphatic heterocycles. The average Bonchev–Trinajstić information content (AvgIpc) is 2.90. The molecule has 6 rings (SSSR count). The number of benzene rings is 6. The number of methoxy groups -OCH3 is 2. The summed E-state index contributed by atoms with van der Waals surface area (Å²) >= 11 is 0. The second-order valence-corrected chi connectivity index (χ2v) is 10.5. The molecule has 178 valence electrons. The van der Waals surface area contributed by atoms with Crippen LogP contribution in [-0.2, 0) is 5.41 Å². The molecule has 0 saturated carbocycles. The van der Waals surface area contributed by atoms with Gasteiger partial charge in [0.2, 0.25) is 0 Å². The third-order valence-corrected chi connectivity index (χ3v) is 7.38. The van der Waals surface area contributed by atoms with Crippen molar-refractivity contribution < 1.29 is 9.47 Å². The molecular weight excluding hydrogens is 440 g/mol. The molecule has 2 heteroatoms. The van der Waals surface area contributed by atoms with Crippen molar-refractivity contribution in [2.24, 2.45) is 0 Å². The molecule has 6 aromatic carbocycles. The zero-order chi connectivity index (χ0) is 25.0. The highest BCUT2D eigenvalue weighted by Gasteiger charge is 2.21. The lowest BCUT2D eigenvalue weighted by Crippen LogP contribution is -2.10. The molecule has 6 aromatic rings. The fourth-order valence-corrected chi connectivity index (χ4v) is 5.53. The van der Waals surface area contributed by atoms with E-state index in [-0.39, 0.29) is 5.41 Å². The summed E-state index contributed by atoms with van der Waals surface area (Å²) < 4.78 is 11.6. The molecule has 0 heterocycles. The minimum Gasteiger partial charge on any atom is -0.496 e. The normalized spacial score (nSPS) is 12.0. The second-order valence-electron chi connectivity index (χ2n) is 10.5. The molecule has 36 heavy (non-hydrogen) atoms. The smallest absolute Gasteiger partial charge is 0.126 e. The van der Waals surface area contributed by atoms with E-state index >= 15 is 0 Å². The Morgan fingerprint density at radius 3 is 1.42 bits per heavy atom. The largest absolute Gasteiger partial charge is 0.496 e. The highest BCUT2D eigenvalue weighted by molar-refractivity contribution is 6.28. The summed E-state index contributed by atoms with van der Waals surface area (Å²) in [4.78, 5) is 0. The summed E-state index contributed by atoms with van der Waals surface area (Å²) in [5.74, 6) is 1.74. The van der Waals surface area contributed by atoms with Crippen LogP contribution in [-0.4, -0.2) is 14.2 Å². The van der Waals surface area contributed by atoms with Crippen LogP contribution in [0.3, 0.4) is 0 Å². The van der Waals surface area contributed by atoms with Gasteiger partial charge in [0.05, 0.1) is 14.2 Å². The summed E-state index contributed by atoms with van der Waals surface area (Å²) in [5.41, 5.74) is 5.93. The zero-order valence-electron chi connectivity index (χ0n) is 21.5. The van der Waals surface area contributed by atoms with Gasteiger partial charge in [0.1, 0.15) is 11.5 Å². The van der Waals surface area contributed by atoms with E-state index in [1.165, 1.54) is 37.9 Å². The Morgan fingerprint density at radius 1 is 0.500 bits per heavy atom. The first kappa shape index (κ1) is 22.4. The molecular formula is C34H30O2. The van der Waals surface area contributed by atoms with Crippen molar-refractivity contribution in [3.05, 3.63) is 96.6 Å². The Hall–Kier alpha value is -4.04. The number of hydrogen-bond donors (Lipinski definition) is 0. The van der Waals surface area contributed by atoms with Crippen LogP contribution in [0.5, 0.6) is 11.5 Å². The van der Waals surface area contributed by atoms with Gasteiger partial charge in [0.15, 0.2) is 0 Å². The molecule has 0 atom stereocenters. The van der Waals surface area contributed by atoms with E-state index in [4.69, 9.17) is 9.47 Å².